The van der Waals surface area contributed by atoms with Gasteiger partial charge < -0.3 is 14.8 Å². The van der Waals surface area contributed by atoms with Crippen LogP contribution in [-0.4, -0.2) is 32.1 Å². The van der Waals surface area contributed by atoms with Crippen molar-refractivity contribution < 1.29 is 14.3 Å². The molecule has 0 amide bonds. The summed E-state index contributed by atoms with van der Waals surface area (Å²) in [6, 6.07) is 5.46. The number of hydrogen-bond acceptors (Lipinski definition) is 4. The van der Waals surface area contributed by atoms with E-state index in [0.717, 1.165) is 32.2 Å². The third-order valence-electron chi connectivity index (χ3n) is 4.01. The van der Waals surface area contributed by atoms with Gasteiger partial charge in [0.2, 0.25) is 0 Å². The second-order valence-corrected chi connectivity index (χ2v) is 5.23. The van der Waals surface area contributed by atoms with Gasteiger partial charge in [-0.15, -0.1) is 0 Å². The normalized spacial score (nSPS) is 21.8. The van der Waals surface area contributed by atoms with Gasteiger partial charge in [0.1, 0.15) is 17.1 Å². The van der Waals surface area contributed by atoms with E-state index < -0.39 is 5.54 Å². The van der Waals surface area contributed by atoms with E-state index in [4.69, 9.17) is 9.47 Å². The smallest absolute Gasteiger partial charge is 0.190 e. The summed E-state index contributed by atoms with van der Waals surface area (Å²) < 4.78 is 10.7. The minimum absolute atomic E-state index is 0.0890. The molecule has 1 saturated heterocycles. The maximum Gasteiger partial charge on any atom is 0.190 e. The van der Waals surface area contributed by atoms with Gasteiger partial charge in [-0.05, 0) is 37.9 Å². The summed E-state index contributed by atoms with van der Waals surface area (Å²) in [7, 11) is 3.17. The van der Waals surface area contributed by atoms with Gasteiger partial charge in [-0.2, -0.15) is 0 Å². The number of hydrogen-bond donors (Lipinski definition) is 1. The Balaban J connectivity index is 2.46. The van der Waals surface area contributed by atoms with Crippen LogP contribution in [0, 0.1) is 0 Å². The summed E-state index contributed by atoms with van der Waals surface area (Å²) in [4.78, 5) is 13.1. The highest BCUT2D eigenvalue weighted by molar-refractivity contribution is 6.07. The highest BCUT2D eigenvalue weighted by atomic mass is 16.5. The lowest BCUT2D eigenvalue weighted by Gasteiger charge is -2.29. The van der Waals surface area contributed by atoms with E-state index in [0.29, 0.717) is 17.1 Å². The first-order valence-electron chi connectivity index (χ1n) is 7.19. The lowest BCUT2D eigenvalue weighted by Crippen LogP contribution is -2.47. The SMILES string of the molecule is CCCC1(C(=O)c2c(OC)cccc2OC)CCCN1. The summed E-state index contributed by atoms with van der Waals surface area (Å²) in [5.41, 5.74) is 0.0942. The fourth-order valence-corrected chi connectivity index (χ4v) is 3.07. The van der Waals surface area contributed by atoms with Crippen molar-refractivity contribution in [1.82, 2.24) is 5.32 Å². The second kappa shape index (κ2) is 6.27. The predicted molar refractivity (Wildman–Crippen MR) is 78.8 cm³/mol. The molecular formula is C16H23NO3. The molecule has 1 atom stereocenters. The molecule has 4 heteroatoms. The molecular weight excluding hydrogens is 254 g/mol. The molecule has 4 nitrogen and oxygen atoms in total. The monoisotopic (exact) mass is 277 g/mol. The fraction of sp³-hybridized carbons (Fsp3) is 0.562. The number of benzene rings is 1. The van der Waals surface area contributed by atoms with Crippen molar-refractivity contribution >= 4 is 5.78 Å². The van der Waals surface area contributed by atoms with Gasteiger partial charge in [-0.3, -0.25) is 4.79 Å². The van der Waals surface area contributed by atoms with Crippen LogP contribution in [0.4, 0.5) is 0 Å². The van der Waals surface area contributed by atoms with E-state index in [1.54, 1.807) is 14.2 Å². The average molecular weight is 277 g/mol. The molecule has 1 fully saturated rings. The molecule has 1 unspecified atom stereocenters. The topological polar surface area (TPSA) is 47.6 Å². The Hall–Kier alpha value is -1.55. The predicted octanol–water partition coefficient (Wildman–Crippen LogP) is 2.81. The van der Waals surface area contributed by atoms with Crippen molar-refractivity contribution in [2.45, 2.75) is 38.1 Å². The largest absolute Gasteiger partial charge is 0.496 e. The standard InChI is InChI=1S/C16H23NO3/c1-4-9-16(10-6-11-17-16)15(18)14-12(19-2)7-5-8-13(14)20-3/h5,7-8,17H,4,6,9-11H2,1-3H3. The van der Waals surface area contributed by atoms with Gasteiger partial charge in [-0.25, -0.2) is 0 Å². The number of nitrogens with one attached hydrogen (secondary N) is 1. The molecule has 1 aromatic carbocycles. The zero-order chi connectivity index (χ0) is 14.6. The number of Topliss-reactive ketones (excluding diaryl/α,β-unsaturated/α-hetero) is 1. The van der Waals surface area contributed by atoms with Gasteiger partial charge in [0.25, 0.3) is 0 Å². The Morgan fingerprint density at radius 2 is 1.95 bits per heavy atom. The maximum absolute atomic E-state index is 13.1. The molecule has 0 saturated carbocycles. The number of carbonyl (C=O) groups excluding carboxylic acids is 1. The first-order valence-corrected chi connectivity index (χ1v) is 7.19. The van der Waals surface area contributed by atoms with Gasteiger partial charge in [0, 0.05) is 0 Å². The molecule has 1 aliphatic rings. The van der Waals surface area contributed by atoms with E-state index in [-0.39, 0.29) is 5.78 Å². The van der Waals surface area contributed by atoms with Crippen LogP contribution in [0.15, 0.2) is 18.2 Å². The number of carbonyl (C=O) groups is 1. The molecule has 1 N–H and O–H groups in total. The molecule has 1 aromatic rings. The van der Waals surface area contributed by atoms with E-state index in [1.165, 1.54) is 0 Å². The summed E-state index contributed by atoms with van der Waals surface area (Å²) in [6.07, 6.45) is 3.72. The van der Waals surface area contributed by atoms with Crippen LogP contribution in [0.2, 0.25) is 0 Å². The van der Waals surface area contributed by atoms with Crippen molar-refractivity contribution in [1.29, 1.82) is 0 Å². The summed E-state index contributed by atoms with van der Waals surface area (Å²) in [5.74, 6) is 1.25. The Bertz CT molecular complexity index is 456. The lowest BCUT2D eigenvalue weighted by molar-refractivity contribution is 0.0851. The van der Waals surface area contributed by atoms with Gasteiger partial charge >= 0.3 is 0 Å². The molecule has 1 heterocycles. The Morgan fingerprint density at radius 1 is 1.30 bits per heavy atom. The van der Waals surface area contributed by atoms with Gasteiger partial charge in [-0.1, -0.05) is 19.4 Å². The molecule has 0 aliphatic carbocycles. The zero-order valence-electron chi connectivity index (χ0n) is 12.5. The molecule has 2 rings (SSSR count). The molecule has 1 aliphatic heterocycles. The van der Waals surface area contributed by atoms with Crippen molar-refractivity contribution in [3.05, 3.63) is 23.8 Å². The van der Waals surface area contributed by atoms with Crippen LogP contribution in [0.1, 0.15) is 43.0 Å². The number of methoxy groups -OCH3 is 2. The highest BCUT2D eigenvalue weighted by Gasteiger charge is 2.42. The average Bonchev–Trinajstić information content (AvgIpc) is 2.95. The molecule has 110 valence electrons. The van der Waals surface area contributed by atoms with E-state index in [1.807, 2.05) is 18.2 Å². The third-order valence-corrected chi connectivity index (χ3v) is 4.01. The van der Waals surface area contributed by atoms with E-state index >= 15 is 0 Å². The van der Waals surface area contributed by atoms with Crippen LogP contribution in [-0.2, 0) is 0 Å². The van der Waals surface area contributed by atoms with Crippen molar-refractivity contribution in [3.63, 3.8) is 0 Å². The lowest BCUT2D eigenvalue weighted by atomic mass is 9.83. The maximum atomic E-state index is 13.1. The van der Waals surface area contributed by atoms with Crippen molar-refractivity contribution in [2.75, 3.05) is 20.8 Å². The van der Waals surface area contributed by atoms with Crippen LogP contribution in [0.25, 0.3) is 0 Å². The van der Waals surface area contributed by atoms with Gasteiger partial charge in [0.15, 0.2) is 5.78 Å². The molecule has 0 aromatic heterocycles. The minimum Gasteiger partial charge on any atom is -0.496 e. The number of ether oxygens (including phenoxy) is 2. The molecule has 0 spiro atoms. The summed E-state index contributed by atoms with van der Waals surface area (Å²) in [6.45, 7) is 3.00. The molecule has 0 radical (unpaired) electrons. The third kappa shape index (κ3) is 2.52. The molecule has 20 heavy (non-hydrogen) atoms. The van der Waals surface area contributed by atoms with E-state index in [9.17, 15) is 4.79 Å². The number of ketones is 1. The second-order valence-electron chi connectivity index (χ2n) is 5.23. The van der Waals surface area contributed by atoms with Gasteiger partial charge in [0.05, 0.1) is 19.8 Å². The van der Waals surface area contributed by atoms with E-state index in [2.05, 4.69) is 12.2 Å². The zero-order valence-corrected chi connectivity index (χ0v) is 12.5. The van der Waals surface area contributed by atoms with Crippen molar-refractivity contribution in [3.8, 4) is 11.5 Å². The first-order chi connectivity index (χ1) is 9.68. The molecule has 0 bridgehead atoms. The Morgan fingerprint density at radius 3 is 2.40 bits per heavy atom. The van der Waals surface area contributed by atoms with Crippen LogP contribution in [0.5, 0.6) is 11.5 Å². The summed E-state index contributed by atoms with van der Waals surface area (Å²) >= 11 is 0. The van der Waals surface area contributed by atoms with Crippen molar-refractivity contribution in [2.24, 2.45) is 0 Å². The Kier molecular flexibility index (Phi) is 4.65. The minimum atomic E-state index is -0.462. The fourth-order valence-electron chi connectivity index (χ4n) is 3.07. The quantitative estimate of drug-likeness (QED) is 0.812. The highest BCUT2D eigenvalue weighted by Crippen LogP contribution is 2.36. The first kappa shape index (κ1) is 14.9. The van der Waals surface area contributed by atoms with Crippen LogP contribution < -0.4 is 14.8 Å². The van der Waals surface area contributed by atoms with Crippen LogP contribution >= 0.6 is 0 Å². The summed E-state index contributed by atoms with van der Waals surface area (Å²) in [5, 5.41) is 3.41. The van der Waals surface area contributed by atoms with Crippen LogP contribution in [0.3, 0.4) is 0 Å². The number of rotatable bonds is 6. The Labute approximate surface area is 120 Å².